The molecular formula is C22H31FN2O2. The Kier molecular flexibility index (Phi) is 6.51. The number of hydrogen-bond acceptors (Lipinski definition) is 2. The topological polar surface area (TPSA) is 40.6 Å². The fourth-order valence-corrected chi connectivity index (χ4v) is 4.32. The van der Waals surface area contributed by atoms with Crippen LogP contribution in [0.1, 0.15) is 63.9 Å². The van der Waals surface area contributed by atoms with Crippen molar-refractivity contribution in [1.82, 2.24) is 9.80 Å². The van der Waals surface area contributed by atoms with Crippen molar-refractivity contribution in [1.29, 1.82) is 0 Å². The Morgan fingerprint density at radius 1 is 1.11 bits per heavy atom. The number of piperidine rings is 1. The monoisotopic (exact) mass is 374 g/mol. The lowest BCUT2D eigenvalue weighted by Crippen LogP contribution is -2.50. The van der Waals surface area contributed by atoms with Gasteiger partial charge in [0, 0.05) is 26.1 Å². The van der Waals surface area contributed by atoms with Crippen molar-refractivity contribution in [2.24, 2.45) is 5.92 Å². The molecule has 2 aliphatic heterocycles. The van der Waals surface area contributed by atoms with E-state index in [1.807, 2.05) is 11.8 Å². The van der Waals surface area contributed by atoms with Gasteiger partial charge in [-0.2, -0.15) is 0 Å². The van der Waals surface area contributed by atoms with E-state index in [0.717, 1.165) is 50.8 Å². The molecule has 0 N–H and O–H groups in total. The molecule has 5 heteroatoms. The Hall–Kier alpha value is -1.91. The molecule has 0 saturated carbocycles. The van der Waals surface area contributed by atoms with E-state index in [-0.39, 0.29) is 29.6 Å². The molecule has 0 bridgehead atoms. The van der Waals surface area contributed by atoms with Gasteiger partial charge in [-0.05, 0) is 61.6 Å². The van der Waals surface area contributed by atoms with E-state index in [2.05, 4.69) is 6.92 Å². The Balaban J connectivity index is 1.64. The fourth-order valence-electron chi connectivity index (χ4n) is 4.32. The van der Waals surface area contributed by atoms with Gasteiger partial charge in [0.05, 0.1) is 0 Å². The number of rotatable bonds is 5. The molecule has 27 heavy (non-hydrogen) atoms. The average Bonchev–Trinajstić information content (AvgIpc) is 3.17. The summed E-state index contributed by atoms with van der Waals surface area (Å²) in [5.74, 6) is 0.651. The summed E-state index contributed by atoms with van der Waals surface area (Å²) < 4.78 is 13.2. The van der Waals surface area contributed by atoms with Gasteiger partial charge in [0.25, 0.3) is 0 Å². The Morgan fingerprint density at radius 2 is 1.78 bits per heavy atom. The number of carbonyl (C=O) groups is 2. The first-order valence-corrected chi connectivity index (χ1v) is 10.3. The molecule has 148 valence electrons. The third kappa shape index (κ3) is 4.69. The minimum Gasteiger partial charge on any atom is -0.341 e. The maximum Gasteiger partial charge on any atom is 0.245 e. The Bertz CT molecular complexity index is 653. The van der Waals surface area contributed by atoms with Crippen molar-refractivity contribution in [2.75, 3.05) is 19.6 Å². The van der Waals surface area contributed by atoms with Crippen LogP contribution in [0.15, 0.2) is 24.3 Å². The lowest BCUT2D eigenvalue weighted by molar-refractivity contribution is -0.144. The van der Waals surface area contributed by atoms with Gasteiger partial charge in [0.1, 0.15) is 11.9 Å². The van der Waals surface area contributed by atoms with E-state index in [1.165, 1.54) is 12.1 Å². The third-order valence-corrected chi connectivity index (χ3v) is 6.21. The van der Waals surface area contributed by atoms with Crippen molar-refractivity contribution < 1.29 is 14.0 Å². The van der Waals surface area contributed by atoms with E-state index in [1.54, 1.807) is 17.0 Å². The van der Waals surface area contributed by atoms with Crippen LogP contribution >= 0.6 is 0 Å². The molecule has 1 aromatic rings. The number of amides is 2. The van der Waals surface area contributed by atoms with Gasteiger partial charge in [0.15, 0.2) is 0 Å². The third-order valence-electron chi connectivity index (χ3n) is 6.21. The first-order valence-electron chi connectivity index (χ1n) is 10.3. The lowest BCUT2D eigenvalue weighted by atomic mass is 9.92. The highest BCUT2D eigenvalue weighted by Gasteiger charge is 2.37. The minimum atomic E-state index is -0.295. The maximum absolute atomic E-state index is 13.2. The molecule has 2 amide bonds. The van der Waals surface area contributed by atoms with Crippen LogP contribution in [0.2, 0.25) is 0 Å². The van der Waals surface area contributed by atoms with Crippen molar-refractivity contribution in [2.45, 2.75) is 64.3 Å². The van der Waals surface area contributed by atoms with E-state index >= 15 is 0 Å². The molecular weight excluding hydrogens is 343 g/mol. The number of nitrogens with zero attached hydrogens (tertiary/aromatic N) is 2. The molecule has 1 aromatic carbocycles. The summed E-state index contributed by atoms with van der Waals surface area (Å²) >= 11 is 0. The minimum absolute atomic E-state index is 0.0485. The van der Waals surface area contributed by atoms with Gasteiger partial charge in [-0.15, -0.1) is 0 Å². The highest BCUT2D eigenvalue weighted by atomic mass is 19.1. The molecule has 1 unspecified atom stereocenters. The van der Waals surface area contributed by atoms with Crippen LogP contribution in [-0.4, -0.2) is 47.3 Å². The molecule has 4 nitrogen and oxygen atoms in total. The maximum atomic E-state index is 13.2. The first-order chi connectivity index (χ1) is 13.0. The highest BCUT2D eigenvalue weighted by molar-refractivity contribution is 5.88. The van der Waals surface area contributed by atoms with Crippen LogP contribution < -0.4 is 0 Å². The van der Waals surface area contributed by atoms with Crippen LogP contribution in [0, 0.1) is 11.7 Å². The lowest BCUT2D eigenvalue weighted by Gasteiger charge is -2.35. The molecule has 0 aliphatic carbocycles. The normalized spacial score (nSPS) is 22.1. The van der Waals surface area contributed by atoms with E-state index in [9.17, 15) is 14.0 Å². The predicted octanol–water partition coefficient (Wildman–Crippen LogP) is 3.96. The number of carbonyl (C=O) groups excluding carboxylic acids is 2. The summed E-state index contributed by atoms with van der Waals surface area (Å²) in [6.07, 6.45) is 4.95. The van der Waals surface area contributed by atoms with Crippen LogP contribution in [0.5, 0.6) is 0 Å². The van der Waals surface area contributed by atoms with Gasteiger partial charge in [-0.25, -0.2) is 4.39 Å². The van der Waals surface area contributed by atoms with Crippen LogP contribution in [-0.2, 0) is 9.59 Å². The molecule has 0 radical (unpaired) electrons. The molecule has 2 aliphatic rings. The zero-order valence-electron chi connectivity index (χ0n) is 16.5. The van der Waals surface area contributed by atoms with Crippen LogP contribution in [0.25, 0.3) is 0 Å². The molecule has 0 spiro atoms. The van der Waals surface area contributed by atoms with Gasteiger partial charge >= 0.3 is 0 Å². The summed E-state index contributed by atoms with van der Waals surface area (Å²) in [6, 6.07) is 6.12. The van der Waals surface area contributed by atoms with Crippen molar-refractivity contribution in [3.63, 3.8) is 0 Å². The van der Waals surface area contributed by atoms with E-state index in [0.29, 0.717) is 18.9 Å². The molecule has 0 aromatic heterocycles. The summed E-state index contributed by atoms with van der Waals surface area (Å²) in [5, 5.41) is 0. The zero-order chi connectivity index (χ0) is 19.4. The second-order valence-corrected chi connectivity index (χ2v) is 8.11. The average molecular weight is 375 g/mol. The van der Waals surface area contributed by atoms with Crippen molar-refractivity contribution in [3.05, 3.63) is 35.6 Å². The van der Waals surface area contributed by atoms with Crippen molar-refractivity contribution in [3.8, 4) is 0 Å². The quantitative estimate of drug-likeness (QED) is 0.783. The summed E-state index contributed by atoms with van der Waals surface area (Å²) in [5.41, 5.74) is 0.986. The second kappa shape index (κ2) is 8.85. The first kappa shape index (κ1) is 19.8. The van der Waals surface area contributed by atoms with Crippen LogP contribution in [0.4, 0.5) is 4.39 Å². The molecule has 2 fully saturated rings. The number of halogens is 1. The Morgan fingerprint density at radius 3 is 2.41 bits per heavy atom. The van der Waals surface area contributed by atoms with Crippen LogP contribution in [0.3, 0.4) is 0 Å². The number of hydrogen-bond donors (Lipinski definition) is 0. The standard InChI is InChI=1S/C22H31FN2O2/c1-3-17(18-6-8-19(23)9-7-18)15-21(26)25-12-4-5-20(25)22(27)24-13-10-16(2)11-14-24/h6-9,16-17,20H,3-5,10-15H2,1-2H3/t17?,20-/m0/s1. The molecule has 2 atom stereocenters. The molecule has 3 rings (SSSR count). The van der Waals surface area contributed by atoms with Gasteiger partial charge < -0.3 is 9.80 Å². The van der Waals surface area contributed by atoms with Gasteiger partial charge in [-0.3, -0.25) is 9.59 Å². The number of likely N-dealkylation sites (tertiary alicyclic amines) is 2. The second-order valence-electron chi connectivity index (χ2n) is 8.11. The largest absolute Gasteiger partial charge is 0.341 e. The summed E-state index contributed by atoms with van der Waals surface area (Å²) in [4.78, 5) is 29.7. The van der Waals surface area contributed by atoms with E-state index < -0.39 is 0 Å². The Labute approximate surface area is 161 Å². The fraction of sp³-hybridized carbons (Fsp3) is 0.636. The highest BCUT2D eigenvalue weighted by Crippen LogP contribution is 2.28. The smallest absolute Gasteiger partial charge is 0.245 e. The zero-order valence-corrected chi connectivity index (χ0v) is 16.5. The predicted molar refractivity (Wildman–Crippen MR) is 104 cm³/mol. The van der Waals surface area contributed by atoms with E-state index in [4.69, 9.17) is 0 Å². The van der Waals surface area contributed by atoms with Gasteiger partial charge in [-0.1, -0.05) is 26.0 Å². The molecule has 2 saturated heterocycles. The van der Waals surface area contributed by atoms with Crippen molar-refractivity contribution >= 4 is 11.8 Å². The van der Waals surface area contributed by atoms with Gasteiger partial charge in [0.2, 0.25) is 11.8 Å². The summed E-state index contributed by atoms with van der Waals surface area (Å²) in [7, 11) is 0. The summed E-state index contributed by atoms with van der Waals surface area (Å²) in [6.45, 7) is 6.56. The number of benzene rings is 1. The SMILES string of the molecule is CCC(CC(=O)N1CCC[C@H]1C(=O)N1CCC(C)CC1)c1ccc(F)cc1. The molecule has 2 heterocycles.